The summed E-state index contributed by atoms with van der Waals surface area (Å²) in [4.78, 5) is 29.0. The Morgan fingerprint density at radius 3 is 2.65 bits per heavy atom. The van der Waals surface area contributed by atoms with Gasteiger partial charge in [-0.15, -0.1) is 11.3 Å². The number of likely N-dealkylation sites (tertiary alicyclic amines) is 1. The maximum atomic E-state index is 14.6. The van der Waals surface area contributed by atoms with Crippen LogP contribution in [-0.2, 0) is 18.5 Å². The zero-order valence-electron chi connectivity index (χ0n) is 23.8. The van der Waals surface area contributed by atoms with Crippen molar-refractivity contribution in [2.45, 2.75) is 37.2 Å². The molecule has 218 valence electrons. The molecule has 2 aromatic carbocycles. The number of nitrogens with zero attached hydrogens (tertiary/aromatic N) is 5. The highest BCUT2D eigenvalue weighted by Gasteiger charge is 2.28. The fraction of sp³-hybridized carbons (Fsp3) is 0.267. The number of carbonyl (C=O) groups is 1. The highest BCUT2D eigenvalue weighted by Crippen LogP contribution is 2.31. The summed E-state index contributed by atoms with van der Waals surface area (Å²) in [5, 5.41) is 8.95. The van der Waals surface area contributed by atoms with Gasteiger partial charge in [-0.25, -0.2) is 19.2 Å². The molecule has 6 rings (SSSR count). The second-order valence-electron chi connectivity index (χ2n) is 11.3. The van der Waals surface area contributed by atoms with Crippen molar-refractivity contribution in [1.29, 1.82) is 0 Å². The van der Waals surface area contributed by atoms with E-state index in [-0.39, 0.29) is 11.5 Å². The van der Waals surface area contributed by atoms with Gasteiger partial charge in [0.2, 0.25) is 5.88 Å². The number of carboxylic acid groups (broad SMARTS) is 1. The van der Waals surface area contributed by atoms with Crippen LogP contribution in [0, 0.1) is 5.82 Å². The second-order valence-corrected chi connectivity index (χ2v) is 12.7. The monoisotopic (exact) mass is 615 g/mol. The van der Waals surface area contributed by atoms with E-state index >= 15 is 0 Å². The Morgan fingerprint density at radius 1 is 1.12 bits per heavy atom. The topological polar surface area (TPSA) is 93.4 Å². The Morgan fingerprint density at radius 2 is 1.93 bits per heavy atom. The molecule has 1 aliphatic heterocycles. The minimum absolute atomic E-state index is 0.241. The number of piperidine rings is 1. The van der Waals surface area contributed by atoms with Crippen molar-refractivity contribution < 1.29 is 19.0 Å². The summed E-state index contributed by atoms with van der Waals surface area (Å²) < 4.78 is 22.9. The number of rotatable bonds is 9. The van der Waals surface area contributed by atoms with Gasteiger partial charge in [-0.2, -0.15) is 0 Å². The number of benzene rings is 2. The van der Waals surface area contributed by atoms with E-state index in [4.69, 9.17) is 26.3 Å². The summed E-state index contributed by atoms with van der Waals surface area (Å²) in [5.74, 6) is 0.250. The zero-order chi connectivity index (χ0) is 30.1. The summed E-state index contributed by atoms with van der Waals surface area (Å²) in [5.41, 5.74) is 5.00. The van der Waals surface area contributed by atoms with Crippen LogP contribution in [0.1, 0.15) is 51.1 Å². The number of ether oxygens (including phenoxy) is 1. The van der Waals surface area contributed by atoms with Gasteiger partial charge in [0, 0.05) is 39.3 Å². The summed E-state index contributed by atoms with van der Waals surface area (Å²) in [7, 11) is 3.63. The molecule has 1 N–H and O–H groups in total. The third-order valence-corrected chi connectivity index (χ3v) is 8.93. The molecule has 1 fully saturated rings. The van der Waals surface area contributed by atoms with Crippen molar-refractivity contribution in [2.24, 2.45) is 0 Å². The van der Waals surface area contributed by atoms with Crippen molar-refractivity contribution in [3.63, 3.8) is 0 Å². The van der Waals surface area contributed by atoms with E-state index in [9.17, 15) is 14.3 Å². The highest BCUT2D eigenvalue weighted by atomic mass is 35.5. The molecular formula is C30H29B2ClFN5O3S. The number of hydrogen-bond donors (Lipinski definition) is 1. The molecule has 0 radical (unpaired) electrons. The number of pyridine rings is 1. The summed E-state index contributed by atoms with van der Waals surface area (Å²) in [6.45, 7) is 2.97. The number of halogens is 2. The van der Waals surface area contributed by atoms with E-state index in [1.165, 1.54) is 6.07 Å². The summed E-state index contributed by atoms with van der Waals surface area (Å²) in [6.07, 6.45) is 3.68. The van der Waals surface area contributed by atoms with Crippen LogP contribution >= 0.6 is 22.9 Å². The Balaban J connectivity index is 1.15. The molecule has 0 bridgehead atoms. The largest absolute Gasteiger partial charge is 0.485 e. The predicted octanol–water partition coefficient (Wildman–Crippen LogP) is 4.26. The third-order valence-electron chi connectivity index (χ3n) is 7.93. The number of aromatic nitrogens is 4. The number of thiazole rings is 1. The van der Waals surface area contributed by atoms with Gasteiger partial charge in [0.05, 0.1) is 40.6 Å². The van der Waals surface area contributed by atoms with Crippen LogP contribution in [0.15, 0.2) is 66.3 Å². The molecular weight excluding hydrogens is 587 g/mol. The average molecular weight is 616 g/mol. The molecule has 0 aliphatic carbocycles. The maximum absolute atomic E-state index is 14.6. The summed E-state index contributed by atoms with van der Waals surface area (Å²) >= 11 is 7.50. The molecule has 0 spiro atoms. The first kappa shape index (κ1) is 29.3. The quantitative estimate of drug-likeness (QED) is 0.248. The van der Waals surface area contributed by atoms with Gasteiger partial charge < -0.3 is 14.4 Å². The molecule has 3 aromatic heterocycles. The van der Waals surface area contributed by atoms with Crippen LogP contribution in [0.5, 0.6) is 5.88 Å². The van der Waals surface area contributed by atoms with Gasteiger partial charge >= 0.3 is 5.97 Å². The first-order valence-electron chi connectivity index (χ1n) is 14.1. The van der Waals surface area contributed by atoms with Crippen molar-refractivity contribution in [3.8, 4) is 5.88 Å². The van der Waals surface area contributed by atoms with E-state index in [1.807, 2.05) is 34.0 Å². The lowest BCUT2D eigenvalue weighted by Crippen LogP contribution is -2.36. The summed E-state index contributed by atoms with van der Waals surface area (Å²) in [6, 6.07) is 15.4. The number of aromatic carboxylic acids is 1. The molecule has 1 aliphatic rings. The lowest BCUT2D eigenvalue weighted by molar-refractivity contribution is 0.0697. The molecule has 0 unspecified atom stereocenters. The number of carboxylic acids is 1. The molecule has 43 heavy (non-hydrogen) atoms. The van der Waals surface area contributed by atoms with E-state index in [1.54, 1.807) is 53.2 Å². The van der Waals surface area contributed by atoms with Gasteiger partial charge in [0.15, 0.2) is 15.7 Å². The fourth-order valence-corrected chi connectivity index (χ4v) is 6.42. The molecule has 0 atom stereocenters. The van der Waals surface area contributed by atoms with Crippen molar-refractivity contribution in [2.75, 3.05) is 13.1 Å². The molecule has 1 saturated heterocycles. The Kier molecular flexibility index (Phi) is 8.26. The van der Waals surface area contributed by atoms with E-state index in [0.717, 1.165) is 53.4 Å². The maximum Gasteiger partial charge on any atom is 0.335 e. The van der Waals surface area contributed by atoms with E-state index < -0.39 is 17.2 Å². The Labute approximate surface area is 259 Å². The van der Waals surface area contributed by atoms with E-state index in [2.05, 4.69) is 14.5 Å². The first-order valence-corrected chi connectivity index (χ1v) is 15.4. The molecule has 5 aromatic rings. The second kappa shape index (κ2) is 12.1. The van der Waals surface area contributed by atoms with Gasteiger partial charge in [-0.3, -0.25) is 9.88 Å². The zero-order valence-corrected chi connectivity index (χ0v) is 25.4. The third kappa shape index (κ3) is 6.46. The fourth-order valence-electron chi connectivity index (χ4n) is 5.67. The van der Waals surface area contributed by atoms with E-state index in [0.29, 0.717) is 29.6 Å². The molecule has 8 nitrogen and oxygen atoms in total. The normalized spacial score (nSPS) is 14.7. The first-order chi connectivity index (χ1) is 20.7. The number of fused-ring (bicyclic) bond motifs is 1. The lowest BCUT2D eigenvalue weighted by atomic mass is 9.61. The molecule has 0 amide bonds. The smallest absolute Gasteiger partial charge is 0.335 e. The van der Waals surface area contributed by atoms with Crippen LogP contribution in [0.25, 0.3) is 11.0 Å². The number of hydrogen-bond acceptors (Lipinski definition) is 7. The number of imidazole rings is 1. The Bertz CT molecular complexity index is 1780. The molecule has 13 heteroatoms. The van der Waals surface area contributed by atoms with Gasteiger partial charge in [-0.1, -0.05) is 23.7 Å². The van der Waals surface area contributed by atoms with Crippen LogP contribution < -0.4 is 4.74 Å². The van der Waals surface area contributed by atoms with Crippen LogP contribution in [0.2, 0.25) is 5.02 Å². The van der Waals surface area contributed by atoms with Crippen LogP contribution in [0.3, 0.4) is 0 Å². The van der Waals surface area contributed by atoms with Crippen LogP contribution in [-0.4, -0.2) is 64.3 Å². The van der Waals surface area contributed by atoms with Crippen LogP contribution in [0.4, 0.5) is 4.39 Å². The SMILES string of the molecule is BC(B)(Oc1cccc(C2CCN(Cc3nc4ccc(C(=O)O)cc4n3Cc3cncs3)CC2)n1)c1ccc(Cl)cc1F. The Hall–Kier alpha value is -3.73. The lowest BCUT2D eigenvalue weighted by Gasteiger charge is -2.32. The van der Waals surface area contributed by atoms with Gasteiger partial charge in [0.1, 0.15) is 11.6 Å². The predicted molar refractivity (Wildman–Crippen MR) is 170 cm³/mol. The standard InChI is InChI=1S/C30H29B2ClFN5O3S/c31-30(32,22-6-5-20(33)13-23(22)34)42-28-3-1-2-24(37-28)18-8-10-38(11-9-18)16-27-36-25-7-4-19(29(40)41)12-26(25)39(27)15-21-14-35-17-43-21/h1-7,12-14,17-18H,8-11,15-16,31-32H2,(H,40,41). The van der Waals surface area contributed by atoms with Gasteiger partial charge in [-0.05, 0) is 62.3 Å². The minimum Gasteiger partial charge on any atom is -0.485 e. The highest BCUT2D eigenvalue weighted by molar-refractivity contribution is 7.09. The van der Waals surface area contributed by atoms with Gasteiger partial charge in [0.25, 0.3) is 0 Å². The van der Waals surface area contributed by atoms with Crippen molar-refractivity contribution in [3.05, 3.63) is 105 Å². The average Bonchev–Trinajstić information content (AvgIpc) is 3.61. The van der Waals surface area contributed by atoms with Crippen molar-refractivity contribution >= 4 is 55.6 Å². The minimum atomic E-state index is -0.958. The van der Waals surface area contributed by atoms with Crippen molar-refractivity contribution in [1.82, 2.24) is 24.4 Å². The molecule has 4 heterocycles. The molecule has 0 saturated carbocycles.